The second-order valence-corrected chi connectivity index (χ2v) is 1.82. The Hall–Kier alpha value is -1.34. The first kappa shape index (κ1) is 6.78. The van der Waals surface area contributed by atoms with Crippen molar-refractivity contribution in [2.75, 3.05) is 7.05 Å². The molecule has 1 heterocycles. The van der Waals surface area contributed by atoms with Gasteiger partial charge in [0, 0.05) is 6.07 Å². The highest BCUT2D eigenvalue weighted by Crippen LogP contribution is 2.00. The van der Waals surface area contributed by atoms with Gasteiger partial charge in [0.1, 0.15) is 6.07 Å². The lowest BCUT2D eigenvalue weighted by atomic mass is 10.4. The normalized spacial score (nSPS) is 9.20. The molecule has 0 atom stereocenters. The molecule has 0 aliphatic rings. The van der Waals surface area contributed by atoms with E-state index in [1.807, 2.05) is 6.07 Å². The van der Waals surface area contributed by atoms with Crippen LogP contribution >= 0.6 is 0 Å². The molecule has 0 aliphatic heterocycles. The summed E-state index contributed by atoms with van der Waals surface area (Å²) >= 11 is 0. The Balaban J connectivity index is 2.71. The molecule has 0 unspecified atom stereocenters. The van der Waals surface area contributed by atoms with Crippen LogP contribution in [0.5, 0.6) is 0 Å². The zero-order chi connectivity index (χ0) is 7.40. The summed E-state index contributed by atoms with van der Waals surface area (Å²) in [4.78, 5) is 0. The summed E-state index contributed by atoms with van der Waals surface area (Å²) < 4.78 is 4.76. The molecule has 10 heavy (non-hydrogen) atoms. The maximum Gasteiger partial charge on any atom is 0.183 e. The number of nitrogens with one attached hydrogen (secondary N) is 1. The van der Waals surface area contributed by atoms with Gasteiger partial charge in [-0.3, -0.25) is 0 Å². The molecular formula is C6H7N3O. The van der Waals surface area contributed by atoms with E-state index in [0.29, 0.717) is 18.0 Å². The first-order valence-corrected chi connectivity index (χ1v) is 2.87. The molecule has 0 saturated heterocycles. The maximum atomic E-state index is 8.33. The number of nitrogens with zero attached hydrogens (tertiary/aromatic N) is 2. The van der Waals surface area contributed by atoms with Crippen molar-refractivity contribution in [2.45, 2.75) is 6.54 Å². The average molecular weight is 137 g/mol. The second-order valence-electron chi connectivity index (χ2n) is 1.82. The van der Waals surface area contributed by atoms with Crippen LogP contribution in [0.1, 0.15) is 11.5 Å². The fourth-order valence-electron chi connectivity index (χ4n) is 0.623. The van der Waals surface area contributed by atoms with Crippen LogP contribution in [-0.4, -0.2) is 12.2 Å². The highest BCUT2D eigenvalue weighted by Gasteiger charge is 1.99. The van der Waals surface area contributed by atoms with Gasteiger partial charge in [0.05, 0.1) is 6.54 Å². The van der Waals surface area contributed by atoms with Crippen LogP contribution in [0.4, 0.5) is 0 Å². The van der Waals surface area contributed by atoms with Gasteiger partial charge < -0.3 is 9.84 Å². The van der Waals surface area contributed by atoms with Crippen LogP contribution in [0.3, 0.4) is 0 Å². The predicted octanol–water partition coefficient (Wildman–Crippen LogP) is 0.266. The number of nitriles is 1. The minimum atomic E-state index is 0.324. The molecule has 0 fully saturated rings. The average Bonchev–Trinajstić information content (AvgIpc) is 2.37. The van der Waals surface area contributed by atoms with Crippen LogP contribution < -0.4 is 5.32 Å². The summed E-state index contributed by atoms with van der Waals surface area (Å²) in [7, 11) is 1.80. The molecule has 4 nitrogen and oxygen atoms in total. The topological polar surface area (TPSA) is 61.9 Å². The summed E-state index contributed by atoms with van der Waals surface area (Å²) in [6.07, 6.45) is 0. The van der Waals surface area contributed by atoms with Gasteiger partial charge in [0.15, 0.2) is 11.5 Å². The van der Waals surface area contributed by atoms with Crippen molar-refractivity contribution in [3.8, 4) is 6.07 Å². The van der Waals surface area contributed by atoms with E-state index < -0.39 is 0 Å². The SMILES string of the molecule is CNCc1cc(C#N)no1. The summed E-state index contributed by atoms with van der Waals surface area (Å²) in [6, 6.07) is 3.48. The van der Waals surface area contributed by atoms with Crippen molar-refractivity contribution < 1.29 is 4.52 Å². The van der Waals surface area contributed by atoms with Gasteiger partial charge in [-0.15, -0.1) is 0 Å². The molecule has 4 heteroatoms. The number of rotatable bonds is 2. The highest BCUT2D eigenvalue weighted by atomic mass is 16.5. The monoisotopic (exact) mass is 137 g/mol. The summed E-state index contributed by atoms with van der Waals surface area (Å²) in [5.41, 5.74) is 0.324. The van der Waals surface area contributed by atoms with Gasteiger partial charge in [-0.25, -0.2) is 0 Å². The lowest BCUT2D eigenvalue weighted by Gasteiger charge is -1.87. The molecule has 0 aromatic carbocycles. The lowest BCUT2D eigenvalue weighted by Crippen LogP contribution is -2.03. The Morgan fingerprint density at radius 3 is 3.20 bits per heavy atom. The zero-order valence-corrected chi connectivity index (χ0v) is 5.59. The van der Waals surface area contributed by atoms with Crippen LogP contribution in [0.2, 0.25) is 0 Å². The third-order valence-electron chi connectivity index (χ3n) is 1.02. The molecule has 1 aromatic rings. The van der Waals surface area contributed by atoms with Crippen LogP contribution in [0, 0.1) is 11.3 Å². The number of hydrogen-bond donors (Lipinski definition) is 1. The largest absolute Gasteiger partial charge is 0.359 e. The molecule has 0 spiro atoms. The molecule has 0 aliphatic carbocycles. The molecule has 0 radical (unpaired) electrons. The van der Waals surface area contributed by atoms with E-state index in [-0.39, 0.29) is 0 Å². The third-order valence-corrected chi connectivity index (χ3v) is 1.02. The van der Waals surface area contributed by atoms with Crippen molar-refractivity contribution in [3.05, 3.63) is 17.5 Å². The van der Waals surface area contributed by atoms with Gasteiger partial charge in [-0.1, -0.05) is 5.16 Å². The fraction of sp³-hybridized carbons (Fsp3) is 0.333. The third kappa shape index (κ3) is 1.33. The molecule has 1 aromatic heterocycles. The smallest absolute Gasteiger partial charge is 0.183 e. The Morgan fingerprint density at radius 2 is 2.70 bits per heavy atom. The maximum absolute atomic E-state index is 8.33. The standard InChI is InChI=1S/C6H7N3O/c1-8-4-6-2-5(3-7)9-10-6/h2,8H,4H2,1H3. The van der Waals surface area contributed by atoms with E-state index in [1.54, 1.807) is 13.1 Å². The molecule has 1 rings (SSSR count). The first-order valence-electron chi connectivity index (χ1n) is 2.87. The Labute approximate surface area is 58.4 Å². The Kier molecular flexibility index (Phi) is 2.03. The fourth-order valence-corrected chi connectivity index (χ4v) is 0.623. The quantitative estimate of drug-likeness (QED) is 0.635. The van der Waals surface area contributed by atoms with Crippen LogP contribution in [0.15, 0.2) is 10.6 Å². The van der Waals surface area contributed by atoms with Crippen molar-refractivity contribution in [1.29, 1.82) is 5.26 Å². The molecule has 1 N–H and O–H groups in total. The van der Waals surface area contributed by atoms with E-state index >= 15 is 0 Å². The van der Waals surface area contributed by atoms with Crippen molar-refractivity contribution in [2.24, 2.45) is 0 Å². The zero-order valence-electron chi connectivity index (χ0n) is 5.59. The Bertz CT molecular complexity index is 248. The van der Waals surface area contributed by atoms with Crippen molar-refractivity contribution >= 4 is 0 Å². The van der Waals surface area contributed by atoms with Crippen LogP contribution in [-0.2, 0) is 6.54 Å². The van der Waals surface area contributed by atoms with Gasteiger partial charge in [-0.05, 0) is 7.05 Å². The lowest BCUT2D eigenvalue weighted by molar-refractivity contribution is 0.375. The van der Waals surface area contributed by atoms with Crippen molar-refractivity contribution in [1.82, 2.24) is 10.5 Å². The van der Waals surface area contributed by atoms with Gasteiger partial charge in [-0.2, -0.15) is 5.26 Å². The van der Waals surface area contributed by atoms with E-state index in [2.05, 4.69) is 10.5 Å². The molecule has 0 saturated carbocycles. The number of aromatic nitrogens is 1. The van der Waals surface area contributed by atoms with Crippen LogP contribution in [0.25, 0.3) is 0 Å². The van der Waals surface area contributed by atoms with E-state index in [0.717, 1.165) is 0 Å². The molecular weight excluding hydrogens is 130 g/mol. The summed E-state index contributed by atoms with van der Waals surface area (Å²) in [6.45, 7) is 0.606. The Morgan fingerprint density at radius 1 is 1.90 bits per heavy atom. The van der Waals surface area contributed by atoms with E-state index in [1.165, 1.54) is 0 Å². The molecule has 0 bridgehead atoms. The van der Waals surface area contributed by atoms with Gasteiger partial charge in [0.25, 0.3) is 0 Å². The molecule has 0 amide bonds. The first-order chi connectivity index (χ1) is 4.86. The van der Waals surface area contributed by atoms with E-state index in [4.69, 9.17) is 9.78 Å². The minimum absolute atomic E-state index is 0.324. The number of hydrogen-bond acceptors (Lipinski definition) is 4. The highest BCUT2D eigenvalue weighted by molar-refractivity contribution is 5.19. The van der Waals surface area contributed by atoms with E-state index in [9.17, 15) is 0 Å². The van der Waals surface area contributed by atoms with Gasteiger partial charge >= 0.3 is 0 Å². The minimum Gasteiger partial charge on any atom is -0.359 e. The summed E-state index contributed by atoms with van der Waals surface area (Å²) in [5.74, 6) is 0.680. The molecule has 52 valence electrons. The second kappa shape index (κ2) is 2.99. The predicted molar refractivity (Wildman–Crippen MR) is 34.0 cm³/mol. The van der Waals surface area contributed by atoms with Gasteiger partial charge in [0.2, 0.25) is 0 Å². The summed E-state index contributed by atoms with van der Waals surface area (Å²) in [5, 5.41) is 14.7. The van der Waals surface area contributed by atoms with Crippen molar-refractivity contribution in [3.63, 3.8) is 0 Å².